The Morgan fingerprint density at radius 3 is 2.68 bits per heavy atom. The van der Waals surface area contributed by atoms with Crippen LogP contribution < -0.4 is 5.32 Å². The first-order chi connectivity index (χ1) is 9.06. The van der Waals surface area contributed by atoms with Crippen LogP contribution >= 0.6 is 0 Å². The van der Waals surface area contributed by atoms with E-state index in [1.165, 1.54) is 12.1 Å². The van der Waals surface area contributed by atoms with Gasteiger partial charge in [0.1, 0.15) is 11.6 Å². The van der Waals surface area contributed by atoms with E-state index in [9.17, 15) is 9.18 Å². The number of halogens is 1. The maximum atomic E-state index is 12.8. The third kappa shape index (κ3) is 3.40. The zero-order valence-electron chi connectivity index (χ0n) is 10.8. The van der Waals surface area contributed by atoms with E-state index < -0.39 is 0 Å². The van der Waals surface area contributed by atoms with E-state index in [0.29, 0.717) is 12.3 Å². The number of aryl methyl sites for hydroxylation is 1. The van der Waals surface area contributed by atoms with Crippen LogP contribution in [-0.2, 0) is 0 Å². The maximum Gasteiger partial charge on any atom is 0.273 e. The molecule has 0 radical (unpaired) electrons. The zero-order chi connectivity index (χ0) is 13.8. The molecule has 1 unspecified atom stereocenters. The molecule has 2 aromatic rings. The molecule has 1 N–H and O–H groups in total. The summed E-state index contributed by atoms with van der Waals surface area (Å²) in [6.45, 7) is 4.14. The highest BCUT2D eigenvalue weighted by molar-refractivity contribution is 5.92. The normalized spacial score (nSPS) is 12.2. The van der Waals surface area contributed by atoms with E-state index >= 15 is 0 Å². The highest BCUT2D eigenvalue weighted by Gasteiger charge is 2.12. The van der Waals surface area contributed by atoms with Gasteiger partial charge in [0.25, 0.3) is 5.91 Å². The van der Waals surface area contributed by atoms with Crippen molar-refractivity contribution in [1.29, 1.82) is 0 Å². The van der Waals surface area contributed by atoms with Crippen LogP contribution in [0.2, 0.25) is 0 Å². The molecule has 0 fully saturated rings. The smallest absolute Gasteiger partial charge is 0.273 e. The Labute approximate surface area is 110 Å². The van der Waals surface area contributed by atoms with Crippen LogP contribution in [0.5, 0.6) is 0 Å². The lowest BCUT2D eigenvalue weighted by Crippen LogP contribution is -2.27. The standard InChI is InChI=1S/C14H15FN2O2/c1-9(11-3-5-12(15)6-4-11)8-16-14(18)13-7-10(2)19-17-13/h3-7,9H,8H2,1-2H3,(H,16,18). The molecule has 100 valence electrons. The molecular formula is C14H15FN2O2. The fourth-order valence-corrected chi connectivity index (χ4v) is 1.72. The third-order valence-corrected chi connectivity index (χ3v) is 2.87. The van der Waals surface area contributed by atoms with Gasteiger partial charge in [0.05, 0.1) is 0 Å². The van der Waals surface area contributed by atoms with Gasteiger partial charge in [-0.15, -0.1) is 0 Å². The molecule has 0 saturated carbocycles. The van der Waals surface area contributed by atoms with Gasteiger partial charge in [-0.25, -0.2) is 4.39 Å². The van der Waals surface area contributed by atoms with Crippen LogP contribution in [0.4, 0.5) is 4.39 Å². The van der Waals surface area contributed by atoms with Crippen molar-refractivity contribution in [2.24, 2.45) is 0 Å². The topological polar surface area (TPSA) is 55.1 Å². The minimum atomic E-state index is -0.272. The first-order valence-electron chi connectivity index (χ1n) is 6.03. The number of benzene rings is 1. The lowest BCUT2D eigenvalue weighted by atomic mass is 10.0. The zero-order valence-corrected chi connectivity index (χ0v) is 10.8. The van der Waals surface area contributed by atoms with Crippen molar-refractivity contribution in [3.8, 4) is 0 Å². The minimum absolute atomic E-state index is 0.0950. The summed E-state index contributed by atoms with van der Waals surface area (Å²) in [4.78, 5) is 11.8. The molecule has 2 rings (SSSR count). The molecule has 4 nitrogen and oxygen atoms in total. The predicted octanol–water partition coefficient (Wildman–Crippen LogP) is 2.66. The van der Waals surface area contributed by atoms with Crippen LogP contribution in [0.3, 0.4) is 0 Å². The first kappa shape index (κ1) is 13.3. The summed E-state index contributed by atoms with van der Waals surface area (Å²) < 4.78 is 17.6. The lowest BCUT2D eigenvalue weighted by molar-refractivity contribution is 0.0942. The average molecular weight is 262 g/mol. The number of rotatable bonds is 4. The van der Waals surface area contributed by atoms with Gasteiger partial charge in [-0.2, -0.15) is 0 Å². The van der Waals surface area contributed by atoms with E-state index in [0.717, 1.165) is 5.56 Å². The molecule has 1 amide bonds. The quantitative estimate of drug-likeness (QED) is 0.921. The number of carbonyl (C=O) groups is 1. The largest absolute Gasteiger partial charge is 0.361 e. The second-order valence-corrected chi connectivity index (χ2v) is 4.49. The number of aromatic nitrogens is 1. The van der Waals surface area contributed by atoms with Gasteiger partial charge in [0.15, 0.2) is 5.69 Å². The summed E-state index contributed by atoms with van der Waals surface area (Å²) in [7, 11) is 0. The molecule has 1 aromatic heterocycles. The number of amides is 1. The Morgan fingerprint density at radius 1 is 1.42 bits per heavy atom. The van der Waals surface area contributed by atoms with Crippen molar-refractivity contribution >= 4 is 5.91 Å². The van der Waals surface area contributed by atoms with Crippen LogP contribution in [0.15, 0.2) is 34.9 Å². The Bertz CT molecular complexity index is 563. The molecule has 0 spiro atoms. The number of nitrogens with zero attached hydrogens (tertiary/aromatic N) is 1. The Kier molecular flexibility index (Phi) is 3.94. The molecule has 1 atom stereocenters. The lowest BCUT2D eigenvalue weighted by Gasteiger charge is -2.12. The second kappa shape index (κ2) is 5.65. The molecule has 5 heteroatoms. The van der Waals surface area contributed by atoms with E-state index in [4.69, 9.17) is 4.52 Å². The van der Waals surface area contributed by atoms with Crippen molar-refractivity contribution in [3.63, 3.8) is 0 Å². The SMILES string of the molecule is Cc1cc(C(=O)NCC(C)c2ccc(F)cc2)no1. The molecule has 0 aliphatic heterocycles. The van der Waals surface area contributed by atoms with E-state index in [1.54, 1.807) is 25.1 Å². The van der Waals surface area contributed by atoms with Gasteiger partial charge in [0.2, 0.25) is 0 Å². The molecule has 0 bridgehead atoms. The fraction of sp³-hybridized carbons (Fsp3) is 0.286. The number of nitrogens with one attached hydrogen (secondary N) is 1. The van der Waals surface area contributed by atoms with Gasteiger partial charge in [-0.3, -0.25) is 4.79 Å². The Balaban J connectivity index is 1.91. The molecule has 0 saturated heterocycles. The predicted molar refractivity (Wildman–Crippen MR) is 68.4 cm³/mol. The first-order valence-corrected chi connectivity index (χ1v) is 6.03. The molecule has 19 heavy (non-hydrogen) atoms. The molecule has 1 heterocycles. The van der Waals surface area contributed by atoms with Gasteiger partial charge in [-0.1, -0.05) is 24.2 Å². The highest BCUT2D eigenvalue weighted by Crippen LogP contribution is 2.14. The van der Waals surface area contributed by atoms with Crippen molar-refractivity contribution in [1.82, 2.24) is 10.5 Å². The highest BCUT2D eigenvalue weighted by atomic mass is 19.1. The third-order valence-electron chi connectivity index (χ3n) is 2.87. The van der Waals surface area contributed by atoms with Crippen LogP contribution in [-0.4, -0.2) is 17.6 Å². The van der Waals surface area contributed by atoms with Gasteiger partial charge in [-0.05, 0) is 30.5 Å². The van der Waals surface area contributed by atoms with Crippen molar-refractivity contribution in [3.05, 3.63) is 53.2 Å². The summed E-state index contributed by atoms with van der Waals surface area (Å²) in [5, 5.41) is 6.41. The van der Waals surface area contributed by atoms with E-state index in [1.807, 2.05) is 6.92 Å². The van der Waals surface area contributed by atoms with Crippen molar-refractivity contribution < 1.29 is 13.7 Å². The molecule has 0 aliphatic rings. The summed E-state index contributed by atoms with van der Waals surface area (Å²) in [6.07, 6.45) is 0. The Hall–Kier alpha value is -2.17. The van der Waals surface area contributed by atoms with E-state index in [2.05, 4.69) is 10.5 Å². The van der Waals surface area contributed by atoms with Crippen LogP contribution in [0, 0.1) is 12.7 Å². The number of hydrogen-bond acceptors (Lipinski definition) is 3. The van der Waals surface area contributed by atoms with Crippen molar-refractivity contribution in [2.75, 3.05) is 6.54 Å². The van der Waals surface area contributed by atoms with Gasteiger partial charge < -0.3 is 9.84 Å². The molecular weight excluding hydrogens is 247 g/mol. The van der Waals surface area contributed by atoms with Crippen molar-refractivity contribution in [2.45, 2.75) is 19.8 Å². The second-order valence-electron chi connectivity index (χ2n) is 4.49. The average Bonchev–Trinajstić information content (AvgIpc) is 2.83. The summed E-state index contributed by atoms with van der Waals surface area (Å²) in [6, 6.07) is 7.83. The minimum Gasteiger partial charge on any atom is -0.361 e. The van der Waals surface area contributed by atoms with E-state index in [-0.39, 0.29) is 23.3 Å². The maximum absolute atomic E-state index is 12.8. The summed E-state index contributed by atoms with van der Waals surface area (Å²) in [5.41, 5.74) is 1.24. The van der Waals surface area contributed by atoms with Crippen LogP contribution in [0.1, 0.15) is 34.7 Å². The summed E-state index contributed by atoms with van der Waals surface area (Å²) in [5.74, 6) is 0.151. The fourth-order valence-electron chi connectivity index (χ4n) is 1.72. The Morgan fingerprint density at radius 2 is 2.11 bits per heavy atom. The molecule has 0 aliphatic carbocycles. The van der Waals surface area contributed by atoms with Crippen LogP contribution in [0.25, 0.3) is 0 Å². The monoisotopic (exact) mass is 262 g/mol. The van der Waals surface area contributed by atoms with Gasteiger partial charge >= 0.3 is 0 Å². The number of carbonyl (C=O) groups excluding carboxylic acids is 1. The number of hydrogen-bond donors (Lipinski definition) is 1. The summed E-state index contributed by atoms with van der Waals surface area (Å²) >= 11 is 0. The molecule has 1 aromatic carbocycles. The van der Waals surface area contributed by atoms with Gasteiger partial charge in [0, 0.05) is 12.6 Å².